The summed E-state index contributed by atoms with van der Waals surface area (Å²) in [6.45, 7) is 3.17. The van der Waals surface area contributed by atoms with E-state index in [1.807, 2.05) is 18.2 Å². The summed E-state index contributed by atoms with van der Waals surface area (Å²) >= 11 is 12.5. The first-order valence-electron chi connectivity index (χ1n) is 11.0. The Labute approximate surface area is 199 Å². The summed E-state index contributed by atoms with van der Waals surface area (Å²) in [6.07, 6.45) is 2.18. The smallest absolute Gasteiger partial charge is 0.231 e. The van der Waals surface area contributed by atoms with Gasteiger partial charge in [-0.05, 0) is 53.8 Å². The number of fused-ring (bicyclic) bond motifs is 1. The van der Waals surface area contributed by atoms with Crippen molar-refractivity contribution in [1.82, 2.24) is 10.2 Å². The highest BCUT2D eigenvalue weighted by Gasteiger charge is 2.27. The van der Waals surface area contributed by atoms with Gasteiger partial charge in [-0.3, -0.25) is 4.90 Å². The molecule has 0 amide bonds. The van der Waals surface area contributed by atoms with E-state index in [2.05, 4.69) is 58.7 Å². The number of piperidine rings is 1. The van der Waals surface area contributed by atoms with Crippen LogP contribution in [0.1, 0.15) is 35.6 Å². The second-order valence-electron chi connectivity index (χ2n) is 8.37. The van der Waals surface area contributed by atoms with Crippen molar-refractivity contribution in [1.29, 1.82) is 0 Å². The average molecular weight is 469 g/mol. The van der Waals surface area contributed by atoms with Gasteiger partial charge < -0.3 is 14.8 Å². The van der Waals surface area contributed by atoms with E-state index < -0.39 is 0 Å². The molecule has 32 heavy (non-hydrogen) atoms. The molecule has 0 aliphatic carbocycles. The number of hydrogen-bond donors (Lipinski definition) is 1. The van der Waals surface area contributed by atoms with Gasteiger partial charge in [-0.25, -0.2) is 0 Å². The highest BCUT2D eigenvalue weighted by Crippen LogP contribution is 2.35. The molecule has 5 rings (SSSR count). The van der Waals surface area contributed by atoms with Crippen LogP contribution in [0, 0.1) is 0 Å². The summed E-state index contributed by atoms with van der Waals surface area (Å²) in [5, 5.41) is 4.92. The topological polar surface area (TPSA) is 33.7 Å². The van der Waals surface area contributed by atoms with Gasteiger partial charge in [0.1, 0.15) is 0 Å². The molecule has 0 spiro atoms. The minimum absolute atomic E-state index is 0.167. The Morgan fingerprint density at radius 3 is 2.41 bits per heavy atom. The van der Waals surface area contributed by atoms with Crippen LogP contribution in [0.4, 0.5) is 0 Å². The van der Waals surface area contributed by atoms with Gasteiger partial charge in [-0.1, -0.05) is 65.7 Å². The molecule has 0 aromatic heterocycles. The zero-order chi connectivity index (χ0) is 21.9. The summed E-state index contributed by atoms with van der Waals surface area (Å²) in [5.74, 6) is 1.67. The van der Waals surface area contributed by atoms with Crippen LogP contribution < -0.4 is 14.8 Å². The van der Waals surface area contributed by atoms with Crippen LogP contribution >= 0.6 is 23.2 Å². The standard InChI is InChI=1S/C26H26Cl2N2O2/c27-22-8-7-20(15-23(22)28)26(19-4-2-1-3-5-19)30-12-10-21(11-13-30)29-16-18-6-9-24-25(14-18)32-17-31-24/h1-9,14-15,21,26,29H,10-13,16-17H2. The van der Waals surface area contributed by atoms with Crippen LogP contribution in [0.2, 0.25) is 10.0 Å². The molecule has 3 aromatic carbocycles. The summed E-state index contributed by atoms with van der Waals surface area (Å²) in [7, 11) is 0. The number of ether oxygens (including phenoxy) is 2. The molecule has 0 saturated carbocycles. The fraction of sp³-hybridized carbons (Fsp3) is 0.308. The Kier molecular flexibility index (Phi) is 6.56. The molecule has 0 radical (unpaired) electrons. The van der Waals surface area contributed by atoms with Gasteiger partial charge in [0.05, 0.1) is 16.1 Å². The first-order valence-corrected chi connectivity index (χ1v) is 11.8. The predicted octanol–water partition coefficient (Wildman–Crippen LogP) is 6.07. The molecule has 2 heterocycles. The fourth-order valence-electron chi connectivity index (χ4n) is 4.61. The van der Waals surface area contributed by atoms with Crippen LogP contribution in [-0.2, 0) is 6.54 Å². The van der Waals surface area contributed by atoms with Crippen LogP contribution in [-0.4, -0.2) is 30.8 Å². The number of hydrogen-bond acceptors (Lipinski definition) is 4. The third kappa shape index (κ3) is 4.74. The monoisotopic (exact) mass is 468 g/mol. The number of rotatable bonds is 6. The Bertz CT molecular complexity index is 1070. The van der Waals surface area contributed by atoms with Crippen LogP contribution in [0.15, 0.2) is 66.7 Å². The second kappa shape index (κ2) is 9.72. The van der Waals surface area contributed by atoms with Gasteiger partial charge >= 0.3 is 0 Å². The van der Waals surface area contributed by atoms with Gasteiger partial charge in [-0.2, -0.15) is 0 Å². The molecule has 2 aliphatic rings. The molecule has 166 valence electrons. The van der Waals surface area contributed by atoms with Crippen molar-refractivity contribution in [2.75, 3.05) is 19.9 Å². The van der Waals surface area contributed by atoms with E-state index in [0.29, 0.717) is 22.9 Å². The van der Waals surface area contributed by atoms with Crippen molar-refractivity contribution < 1.29 is 9.47 Å². The van der Waals surface area contributed by atoms with Crippen molar-refractivity contribution in [3.05, 3.63) is 93.5 Å². The van der Waals surface area contributed by atoms with E-state index in [-0.39, 0.29) is 6.04 Å². The number of likely N-dealkylation sites (tertiary alicyclic amines) is 1. The first-order chi connectivity index (χ1) is 15.7. The maximum atomic E-state index is 6.36. The minimum Gasteiger partial charge on any atom is -0.454 e. The molecule has 1 N–H and O–H groups in total. The number of benzene rings is 3. The van der Waals surface area contributed by atoms with Gasteiger partial charge in [0.15, 0.2) is 11.5 Å². The molecule has 4 nitrogen and oxygen atoms in total. The van der Waals surface area contributed by atoms with Crippen molar-refractivity contribution in [2.45, 2.75) is 31.5 Å². The third-order valence-corrected chi connectivity index (χ3v) is 7.04. The normalized spacial score (nSPS) is 17.4. The predicted molar refractivity (Wildman–Crippen MR) is 129 cm³/mol. The lowest BCUT2D eigenvalue weighted by Crippen LogP contribution is -2.43. The largest absolute Gasteiger partial charge is 0.454 e. The molecule has 1 saturated heterocycles. The lowest BCUT2D eigenvalue weighted by atomic mass is 9.94. The maximum Gasteiger partial charge on any atom is 0.231 e. The van der Waals surface area contributed by atoms with Gasteiger partial charge in [0, 0.05) is 25.7 Å². The quantitative estimate of drug-likeness (QED) is 0.476. The van der Waals surface area contributed by atoms with Crippen LogP contribution in [0.3, 0.4) is 0 Å². The first kappa shape index (κ1) is 21.6. The lowest BCUT2D eigenvalue weighted by Gasteiger charge is -2.38. The van der Waals surface area contributed by atoms with E-state index >= 15 is 0 Å². The molecule has 6 heteroatoms. The Hall–Kier alpha value is -2.24. The summed E-state index contributed by atoms with van der Waals surface area (Å²) in [4.78, 5) is 2.55. The summed E-state index contributed by atoms with van der Waals surface area (Å²) < 4.78 is 10.9. The second-order valence-corrected chi connectivity index (χ2v) is 9.18. The number of halogens is 2. The van der Waals surface area contributed by atoms with Gasteiger partial charge in [0.2, 0.25) is 6.79 Å². The number of nitrogens with one attached hydrogen (secondary N) is 1. The van der Waals surface area contributed by atoms with Crippen molar-refractivity contribution >= 4 is 23.2 Å². The van der Waals surface area contributed by atoms with Crippen LogP contribution in [0.5, 0.6) is 11.5 Å². The Balaban J connectivity index is 1.25. The van der Waals surface area contributed by atoms with Gasteiger partial charge in [0.25, 0.3) is 0 Å². The lowest BCUT2D eigenvalue weighted by molar-refractivity contribution is 0.162. The fourth-order valence-corrected chi connectivity index (χ4v) is 4.91. The molecular weight excluding hydrogens is 443 g/mol. The number of nitrogens with zero attached hydrogens (tertiary/aromatic N) is 1. The van der Waals surface area contributed by atoms with Crippen molar-refractivity contribution in [3.63, 3.8) is 0 Å². The molecule has 0 bridgehead atoms. The van der Waals surface area contributed by atoms with E-state index in [1.54, 1.807) is 0 Å². The molecule has 1 fully saturated rings. The minimum atomic E-state index is 0.167. The molecule has 2 aliphatic heterocycles. The molecule has 1 atom stereocenters. The Morgan fingerprint density at radius 1 is 0.844 bits per heavy atom. The van der Waals surface area contributed by atoms with E-state index in [4.69, 9.17) is 32.7 Å². The summed E-state index contributed by atoms with van der Waals surface area (Å²) in [5.41, 5.74) is 3.67. The average Bonchev–Trinajstić information content (AvgIpc) is 3.30. The van der Waals surface area contributed by atoms with Gasteiger partial charge in [-0.15, -0.1) is 0 Å². The molecule has 3 aromatic rings. The third-order valence-electron chi connectivity index (χ3n) is 6.30. The van der Waals surface area contributed by atoms with Crippen molar-refractivity contribution in [3.8, 4) is 11.5 Å². The van der Waals surface area contributed by atoms with E-state index in [9.17, 15) is 0 Å². The Morgan fingerprint density at radius 2 is 1.62 bits per heavy atom. The van der Waals surface area contributed by atoms with Crippen LogP contribution in [0.25, 0.3) is 0 Å². The van der Waals surface area contributed by atoms with Crippen molar-refractivity contribution in [2.24, 2.45) is 0 Å². The zero-order valence-corrected chi connectivity index (χ0v) is 19.3. The van der Waals surface area contributed by atoms with E-state index in [1.165, 1.54) is 16.7 Å². The molecular formula is C26H26Cl2N2O2. The zero-order valence-electron chi connectivity index (χ0n) is 17.8. The summed E-state index contributed by atoms with van der Waals surface area (Å²) in [6, 6.07) is 23.4. The SMILES string of the molecule is Clc1ccc(C(c2ccccc2)N2CCC(NCc3ccc4c(c3)OCO4)CC2)cc1Cl. The highest BCUT2D eigenvalue weighted by molar-refractivity contribution is 6.42. The molecule has 1 unspecified atom stereocenters. The van der Waals surface area contributed by atoms with E-state index in [0.717, 1.165) is 44.0 Å². The highest BCUT2D eigenvalue weighted by atomic mass is 35.5. The maximum absolute atomic E-state index is 6.36.